The van der Waals surface area contributed by atoms with Crippen LogP contribution in [0.1, 0.15) is 65.4 Å². The van der Waals surface area contributed by atoms with E-state index < -0.39 is 48.2 Å². The second-order valence-corrected chi connectivity index (χ2v) is 14.5. The Balaban J connectivity index is 2.19. The Bertz CT molecular complexity index is 1220. The molecular formula is C39H67N5O11. The van der Waals surface area contributed by atoms with Crippen LogP contribution in [-0.4, -0.2) is 139 Å². The van der Waals surface area contributed by atoms with Crippen molar-refractivity contribution >= 4 is 24.0 Å². The minimum Gasteiger partial charge on any atom is -0.447 e. The predicted octanol–water partition coefficient (Wildman–Crippen LogP) is 2.82. The van der Waals surface area contributed by atoms with Crippen molar-refractivity contribution in [2.24, 2.45) is 17.8 Å². The maximum absolute atomic E-state index is 13.8. The first-order valence-corrected chi connectivity index (χ1v) is 19.5. The number of hydrazine groups is 1. The normalized spacial score (nSPS) is 15.6. The summed E-state index contributed by atoms with van der Waals surface area (Å²) in [7, 11) is 3.13. The molecule has 1 aliphatic rings. The molecule has 1 saturated carbocycles. The Morgan fingerprint density at radius 3 is 1.73 bits per heavy atom. The number of alkyl carbamates (subject to hydrolysis) is 2. The van der Waals surface area contributed by atoms with Crippen molar-refractivity contribution in [2.75, 3.05) is 80.2 Å². The minimum atomic E-state index is -1.15. The first-order valence-electron chi connectivity index (χ1n) is 19.5. The summed E-state index contributed by atoms with van der Waals surface area (Å²) in [5.74, 6) is -1.26. The lowest BCUT2D eigenvalue weighted by Gasteiger charge is -2.35. The molecule has 0 bridgehead atoms. The van der Waals surface area contributed by atoms with E-state index in [0.717, 1.165) is 37.7 Å². The molecule has 4 amide bonds. The van der Waals surface area contributed by atoms with Crippen LogP contribution in [-0.2, 0) is 44.4 Å². The van der Waals surface area contributed by atoms with Gasteiger partial charge in [0.2, 0.25) is 5.91 Å². The fourth-order valence-corrected chi connectivity index (χ4v) is 6.13. The Kier molecular flexibility index (Phi) is 24.2. The number of aliphatic hydroxyl groups excluding tert-OH is 1. The number of benzene rings is 1. The van der Waals surface area contributed by atoms with Gasteiger partial charge in [-0.15, -0.1) is 0 Å². The molecule has 55 heavy (non-hydrogen) atoms. The van der Waals surface area contributed by atoms with Crippen molar-refractivity contribution < 1.29 is 52.7 Å². The van der Waals surface area contributed by atoms with Gasteiger partial charge < -0.3 is 49.5 Å². The van der Waals surface area contributed by atoms with Gasteiger partial charge in [-0.1, -0.05) is 77.3 Å². The van der Waals surface area contributed by atoms with Gasteiger partial charge in [-0.2, -0.15) is 0 Å². The van der Waals surface area contributed by atoms with Crippen molar-refractivity contribution in [3.05, 3.63) is 35.9 Å². The van der Waals surface area contributed by atoms with Crippen LogP contribution in [0.15, 0.2) is 30.3 Å². The van der Waals surface area contributed by atoms with Gasteiger partial charge in [0.05, 0.1) is 51.8 Å². The molecule has 0 spiro atoms. The second-order valence-electron chi connectivity index (χ2n) is 14.5. The average molecular weight is 782 g/mol. The van der Waals surface area contributed by atoms with Crippen LogP contribution >= 0.6 is 0 Å². The molecule has 1 aromatic rings. The van der Waals surface area contributed by atoms with E-state index in [4.69, 9.17) is 28.4 Å². The highest BCUT2D eigenvalue weighted by Gasteiger charge is 2.33. The second kappa shape index (κ2) is 27.9. The molecule has 5 N–H and O–H groups in total. The quantitative estimate of drug-likeness (QED) is 0.0649. The van der Waals surface area contributed by atoms with E-state index in [-0.39, 0.29) is 57.1 Å². The standard InChI is InChI=1S/C39H67N5O11/c1-28(2)34(41-38(48)54-23-21-52-19-17-50-5)36(46)40-32(25-30-13-9-7-10-14-30)33(45)27-44(26-31-15-11-8-12-16-31)43-37(47)35(29(3)4)42-39(49)55-24-22-53-20-18-51-6/h7,9-10,13-14,28-29,31-35,45H,8,11-12,15-27H2,1-6H3,(H,40,46)(H,41,48)(H,42,49)(H,43,47)/t32-,33+,34?,35?/m0/s1. The largest absolute Gasteiger partial charge is 0.447 e. The Morgan fingerprint density at radius 2 is 1.22 bits per heavy atom. The van der Waals surface area contributed by atoms with Gasteiger partial charge in [0.1, 0.15) is 25.3 Å². The van der Waals surface area contributed by atoms with Crippen molar-refractivity contribution in [3.63, 3.8) is 0 Å². The maximum atomic E-state index is 13.8. The van der Waals surface area contributed by atoms with Gasteiger partial charge in [-0.25, -0.2) is 14.6 Å². The van der Waals surface area contributed by atoms with E-state index in [0.29, 0.717) is 33.0 Å². The SMILES string of the molecule is COCCOCCOC(=O)NC(C(=O)N[C@@H](Cc1ccccc1)[C@H](O)CN(CC1CCCCC1)NC(=O)C(NC(=O)OCCOCCOC)C(C)C)C(C)C. The highest BCUT2D eigenvalue weighted by molar-refractivity contribution is 5.86. The third kappa shape index (κ3) is 20.3. The zero-order valence-electron chi connectivity index (χ0n) is 33.7. The summed E-state index contributed by atoms with van der Waals surface area (Å²) < 4.78 is 31.0. The summed E-state index contributed by atoms with van der Waals surface area (Å²) >= 11 is 0. The number of aliphatic hydroxyl groups is 1. The molecular weight excluding hydrogens is 714 g/mol. The summed E-state index contributed by atoms with van der Waals surface area (Å²) in [4.78, 5) is 52.8. The lowest BCUT2D eigenvalue weighted by Crippen LogP contribution is -2.60. The van der Waals surface area contributed by atoms with Crippen LogP contribution in [0.4, 0.5) is 9.59 Å². The number of hydrogen-bond acceptors (Lipinski definition) is 12. The number of nitrogens with one attached hydrogen (secondary N) is 4. The van der Waals surface area contributed by atoms with Crippen LogP contribution in [0.3, 0.4) is 0 Å². The van der Waals surface area contributed by atoms with Crippen molar-refractivity contribution in [1.29, 1.82) is 0 Å². The molecule has 0 saturated heterocycles. The van der Waals surface area contributed by atoms with E-state index >= 15 is 0 Å². The number of rotatable bonds is 27. The number of nitrogens with zero attached hydrogens (tertiary/aromatic N) is 1. The molecule has 1 aromatic carbocycles. The highest BCUT2D eigenvalue weighted by atomic mass is 16.6. The lowest BCUT2D eigenvalue weighted by atomic mass is 9.89. The van der Waals surface area contributed by atoms with Gasteiger partial charge in [-0.3, -0.25) is 15.0 Å². The zero-order chi connectivity index (χ0) is 40.4. The Hall–Kier alpha value is -3.54. The molecule has 0 heterocycles. The molecule has 16 heteroatoms. The predicted molar refractivity (Wildman–Crippen MR) is 206 cm³/mol. The topological polar surface area (TPSA) is 195 Å². The monoisotopic (exact) mass is 781 g/mol. The third-order valence-electron chi connectivity index (χ3n) is 9.20. The number of carbonyl (C=O) groups is 4. The summed E-state index contributed by atoms with van der Waals surface area (Å²) in [5, 5.41) is 21.9. The van der Waals surface area contributed by atoms with E-state index in [2.05, 4.69) is 21.4 Å². The Labute approximate surface area is 327 Å². The molecule has 4 atom stereocenters. The Morgan fingerprint density at radius 1 is 0.709 bits per heavy atom. The van der Waals surface area contributed by atoms with E-state index in [1.54, 1.807) is 33.1 Å². The fourth-order valence-electron chi connectivity index (χ4n) is 6.13. The molecule has 0 radical (unpaired) electrons. The summed E-state index contributed by atoms with van der Waals surface area (Å²) in [6.45, 7) is 9.63. The first-order chi connectivity index (χ1) is 26.4. The lowest BCUT2D eigenvalue weighted by molar-refractivity contribution is -0.131. The van der Waals surface area contributed by atoms with Crippen LogP contribution in [0.2, 0.25) is 0 Å². The molecule has 0 aliphatic heterocycles. The number of ether oxygens (including phenoxy) is 6. The van der Waals surface area contributed by atoms with Gasteiger partial charge >= 0.3 is 12.2 Å². The van der Waals surface area contributed by atoms with Crippen molar-refractivity contribution in [2.45, 2.75) is 90.4 Å². The maximum Gasteiger partial charge on any atom is 0.407 e. The molecule has 2 unspecified atom stereocenters. The summed E-state index contributed by atoms with van der Waals surface area (Å²) in [5.41, 5.74) is 3.85. The smallest absolute Gasteiger partial charge is 0.407 e. The van der Waals surface area contributed by atoms with Gasteiger partial charge in [0.25, 0.3) is 5.91 Å². The molecule has 2 rings (SSSR count). The van der Waals surface area contributed by atoms with Crippen molar-refractivity contribution in [3.8, 4) is 0 Å². The minimum absolute atomic E-state index is 0.00147. The van der Waals surface area contributed by atoms with Crippen molar-refractivity contribution in [1.82, 2.24) is 26.4 Å². The number of methoxy groups -OCH3 is 2. The number of amides is 4. The fraction of sp³-hybridized carbons (Fsp3) is 0.744. The summed E-state index contributed by atoms with van der Waals surface area (Å²) in [6.07, 6.45) is 2.88. The van der Waals surface area contributed by atoms with Crippen LogP contribution in [0.25, 0.3) is 0 Å². The van der Waals surface area contributed by atoms with Gasteiger partial charge in [0.15, 0.2) is 0 Å². The molecule has 1 fully saturated rings. The molecule has 1 aliphatic carbocycles. The zero-order valence-corrected chi connectivity index (χ0v) is 33.7. The highest BCUT2D eigenvalue weighted by Crippen LogP contribution is 2.24. The molecule has 314 valence electrons. The van der Waals surface area contributed by atoms with Gasteiger partial charge in [0, 0.05) is 27.3 Å². The van der Waals surface area contributed by atoms with E-state index in [9.17, 15) is 24.3 Å². The number of hydrogen-bond donors (Lipinski definition) is 5. The van der Waals surface area contributed by atoms with Crippen LogP contribution in [0.5, 0.6) is 0 Å². The molecule has 0 aromatic heterocycles. The van der Waals surface area contributed by atoms with Gasteiger partial charge in [-0.05, 0) is 42.6 Å². The van der Waals surface area contributed by atoms with E-state index in [1.807, 2.05) is 44.2 Å². The average Bonchev–Trinajstić information content (AvgIpc) is 3.15. The van der Waals surface area contributed by atoms with E-state index in [1.165, 1.54) is 0 Å². The van der Waals surface area contributed by atoms with Crippen LogP contribution < -0.4 is 21.4 Å². The van der Waals surface area contributed by atoms with Crippen LogP contribution in [0, 0.1) is 17.8 Å². The molecule has 16 nitrogen and oxygen atoms in total. The summed E-state index contributed by atoms with van der Waals surface area (Å²) in [6, 6.07) is 6.76. The third-order valence-corrected chi connectivity index (χ3v) is 9.20. The number of carbonyl (C=O) groups excluding carboxylic acids is 4. The first kappa shape index (κ1) is 47.6.